The van der Waals surface area contributed by atoms with Gasteiger partial charge in [0.15, 0.2) is 5.78 Å². The zero-order valence-corrected chi connectivity index (χ0v) is 17.5. The molecule has 2 aliphatic rings. The lowest BCUT2D eigenvalue weighted by atomic mass is 9.94. The first-order valence-electron chi connectivity index (χ1n) is 11.1. The molecule has 0 spiro atoms. The van der Waals surface area contributed by atoms with Gasteiger partial charge in [0.05, 0.1) is 25.3 Å². The second-order valence-electron chi connectivity index (χ2n) is 8.19. The first kappa shape index (κ1) is 23.3. The molecule has 1 amide bonds. The molecule has 1 saturated heterocycles. The summed E-state index contributed by atoms with van der Waals surface area (Å²) >= 11 is 0. The van der Waals surface area contributed by atoms with Crippen LogP contribution < -0.4 is 10.6 Å². The summed E-state index contributed by atoms with van der Waals surface area (Å²) in [5.41, 5.74) is 0. The Hall–Kier alpha value is -1.02. The van der Waals surface area contributed by atoms with Crippen LogP contribution in [-0.2, 0) is 14.3 Å². The standard InChI is InChI=1S/C21H39N3O4/c1-22-19(9-10-24-11-14-28-15-12-24)21(27)23-18(8-4-5-13-25)20(26)16-17-6-2-3-7-17/h17-19,22,25H,2-16H2,1H3,(H,23,27)/t18-,19-/m0/s1. The quantitative estimate of drug-likeness (QED) is 0.403. The van der Waals surface area contributed by atoms with Gasteiger partial charge in [0, 0.05) is 32.7 Å². The Kier molecular flexibility index (Phi) is 11.0. The highest BCUT2D eigenvalue weighted by Gasteiger charge is 2.27. The molecule has 1 saturated carbocycles. The zero-order chi connectivity index (χ0) is 20.2. The van der Waals surface area contributed by atoms with E-state index in [4.69, 9.17) is 9.84 Å². The van der Waals surface area contributed by atoms with Gasteiger partial charge in [-0.05, 0) is 38.6 Å². The summed E-state index contributed by atoms with van der Waals surface area (Å²) in [6.07, 6.45) is 7.98. The van der Waals surface area contributed by atoms with Crippen molar-refractivity contribution in [3.8, 4) is 0 Å². The third-order valence-electron chi connectivity index (χ3n) is 6.07. The smallest absolute Gasteiger partial charge is 0.237 e. The van der Waals surface area contributed by atoms with Crippen LogP contribution in [0.5, 0.6) is 0 Å². The van der Waals surface area contributed by atoms with Gasteiger partial charge in [-0.25, -0.2) is 0 Å². The van der Waals surface area contributed by atoms with Crippen LogP contribution in [0.3, 0.4) is 0 Å². The number of hydrogen-bond acceptors (Lipinski definition) is 6. The number of carbonyl (C=O) groups is 2. The summed E-state index contributed by atoms with van der Waals surface area (Å²) in [7, 11) is 1.80. The molecule has 162 valence electrons. The van der Waals surface area contributed by atoms with Crippen molar-refractivity contribution in [2.24, 2.45) is 5.92 Å². The third-order valence-corrected chi connectivity index (χ3v) is 6.07. The fourth-order valence-electron chi connectivity index (χ4n) is 4.23. The molecule has 28 heavy (non-hydrogen) atoms. The van der Waals surface area contributed by atoms with Gasteiger partial charge in [-0.15, -0.1) is 0 Å². The van der Waals surface area contributed by atoms with E-state index < -0.39 is 6.04 Å². The van der Waals surface area contributed by atoms with Crippen molar-refractivity contribution in [3.63, 3.8) is 0 Å². The van der Waals surface area contributed by atoms with Crippen LogP contribution in [0.25, 0.3) is 0 Å². The van der Waals surface area contributed by atoms with Crippen LogP contribution in [0.1, 0.15) is 57.8 Å². The number of ketones is 1. The highest BCUT2D eigenvalue weighted by molar-refractivity contribution is 5.91. The Balaban J connectivity index is 1.85. The number of aliphatic hydroxyl groups is 1. The summed E-state index contributed by atoms with van der Waals surface area (Å²) in [6, 6.07) is -0.735. The van der Waals surface area contributed by atoms with Crippen LogP contribution in [0, 0.1) is 5.92 Å². The maximum atomic E-state index is 12.8. The summed E-state index contributed by atoms with van der Waals surface area (Å²) in [5.74, 6) is 0.539. The molecule has 0 aromatic rings. The lowest BCUT2D eigenvalue weighted by Gasteiger charge is -2.28. The number of hydrogen-bond donors (Lipinski definition) is 3. The highest BCUT2D eigenvalue weighted by atomic mass is 16.5. The van der Waals surface area contributed by atoms with Gasteiger partial charge in [-0.1, -0.05) is 25.7 Å². The van der Waals surface area contributed by atoms with Crippen LogP contribution in [0.2, 0.25) is 0 Å². The van der Waals surface area contributed by atoms with Crippen molar-refractivity contribution in [1.29, 1.82) is 0 Å². The first-order valence-corrected chi connectivity index (χ1v) is 11.1. The Morgan fingerprint density at radius 3 is 2.46 bits per heavy atom. The molecule has 3 N–H and O–H groups in total. The van der Waals surface area contributed by atoms with Gasteiger partial charge in [0.2, 0.25) is 5.91 Å². The molecular formula is C21H39N3O4. The van der Waals surface area contributed by atoms with E-state index >= 15 is 0 Å². The average molecular weight is 398 g/mol. The number of likely N-dealkylation sites (N-methyl/N-ethyl adjacent to an activating group) is 1. The second kappa shape index (κ2) is 13.2. The van der Waals surface area contributed by atoms with E-state index in [1.807, 2.05) is 0 Å². The van der Waals surface area contributed by atoms with Crippen LogP contribution in [0.15, 0.2) is 0 Å². The maximum Gasteiger partial charge on any atom is 0.237 e. The van der Waals surface area contributed by atoms with E-state index in [-0.39, 0.29) is 24.3 Å². The predicted octanol–water partition coefficient (Wildman–Crippen LogP) is 1.09. The molecule has 1 heterocycles. The molecule has 1 aliphatic heterocycles. The van der Waals surface area contributed by atoms with Crippen molar-refractivity contribution in [3.05, 3.63) is 0 Å². The van der Waals surface area contributed by atoms with Gasteiger partial charge in [0.25, 0.3) is 0 Å². The SMILES string of the molecule is CN[C@@H](CCN1CCOCC1)C(=O)N[C@@H](CCCCO)C(=O)CC1CCCC1. The number of unbranched alkanes of at least 4 members (excludes halogenated alkanes) is 1. The van der Waals surface area contributed by atoms with Crippen molar-refractivity contribution >= 4 is 11.7 Å². The van der Waals surface area contributed by atoms with E-state index in [0.29, 0.717) is 31.6 Å². The van der Waals surface area contributed by atoms with Gasteiger partial charge >= 0.3 is 0 Å². The molecule has 0 unspecified atom stereocenters. The number of amides is 1. The number of aliphatic hydroxyl groups excluding tert-OH is 1. The van der Waals surface area contributed by atoms with Crippen molar-refractivity contribution < 1.29 is 19.4 Å². The summed E-state index contributed by atoms with van der Waals surface area (Å²) < 4.78 is 5.37. The molecule has 0 radical (unpaired) electrons. The van der Waals surface area contributed by atoms with Crippen LogP contribution in [-0.4, -0.2) is 80.3 Å². The Labute approximate surface area is 169 Å². The lowest BCUT2D eigenvalue weighted by molar-refractivity contribution is -0.129. The van der Waals surface area contributed by atoms with Gasteiger partial charge in [-0.3, -0.25) is 14.5 Å². The second-order valence-corrected chi connectivity index (χ2v) is 8.19. The van der Waals surface area contributed by atoms with Crippen LogP contribution in [0.4, 0.5) is 0 Å². The number of Topliss-reactive ketones (excluding diaryl/α,β-unsaturated/α-hetero) is 1. The molecule has 2 atom stereocenters. The molecule has 0 aromatic heterocycles. The highest BCUT2D eigenvalue weighted by Crippen LogP contribution is 2.28. The number of ether oxygens (including phenoxy) is 1. The summed E-state index contributed by atoms with van der Waals surface area (Å²) in [4.78, 5) is 27.9. The van der Waals surface area contributed by atoms with Crippen molar-refractivity contribution in [2.45, 2.75) is 69.9 Å². The average Bonchev–Trinajstić information content (AvgIpc) is 3.21. The summed E-state index contributed by atoms with van der Waals surface area (Å²) in [6.45, 7) is 4.27. The largest absolute Gasteiger partial charge is 0.396 e. The Morgan fingerprint density at radius 1 is 1.11 bits per heavy atom. The number of rotatable bonds is 13. The van der Waals surface area contributed by atoms with Crippen molar-refractivity contribution in [1.82, 2.24) is 15.5 Å². The first-order chi connectivity index (χ1) is 13.6. The number of nitrogens with one attached hydrogen (secondary N) is 2. The Morgan fingerprint density at radius 2 is 1.82 bits per heavy atom. The predicted molar refractivity (Wildman–Crippen MR) is 109 cm³/mol. The lowest BCUT2D eigenvalue weighted by Crippen LogP contribution is -2.51. The topological polar surface area (TPSA) is 90.9 Å². The van der Waals surface area contributed by atoms with E-state index in [0.717, 1.165) is 52.1 Å². The fraction of sp³-hybridized carbons (Fsp3) is 0.905. The van der Waals surface area contributed by atoms with Crippen LogP contribution >= 0.6 is 0 Å². The van der Waals surface area contributed by atoms with Gasteiger partial charge in [0.1, 0.15) is 0 Å². The van der Waals surface area contributed by atoms with E-state index in [9.17, 15) is 9.59 Å². The van der Waals surface area contributed by atoms with Gasteiger partial charge < -0.3 is 20.5 Å². The minimum atomic E-state index is -0.432. The number of nitrogens with zero attached hydrogens (tertiary/aromatic N) is 1. The molecule has 7 nitrogen and oxygen atoms in total. The maximum absolute atomic E-state index is 12.8. The summed E-state index contributed by atoms with van der Waals surface area (Å²) in [5, 5.41) is 15.2. The van der Waals surface area contributed by atoms with E-state index in [1.54, 1.807) is 7.05 Å². The molecular weight excluding hydrogens is 358 g/mol. The molecule has 0 bridgehead atoms. The zero-order valence-electron chi connectivity index (χ0n) is 17.5. The fourth-order valence-corrected chi connectivity index (χ4v) is 4.23. The Bertz CT molecular complexity index is 463. The van der Waals surface area contributed by atoms with Gasteiger partial charge in [-0.2, -0.15) is 0 Å². The molecule has 2 rings (SSSR count). The number of morpholine rings is 1. The molecule has 7 heteroatoms. The third kappa shape index (κ3) is 8.15. The number of carbonyl (C=O) groups excluding carboxylic acids is 2. The minimum absolute atomic E-state index is 0.0930. The van der Waals surface area contributed by atoms with Crippen molar-refractivity contribution in [2.75, 3.05) is 46.5 Å². The normalized spacial score (nSPS) is 20.8. The molecule has 2 fully saturated rings. The monoisotopic (exact) mass is 397 g/mol. The minimum Gasteiger partial charge on any atom is -0.396 e. The molecule has 1 aliphatic carbocycles. The molecule has 0 aromatic carbocycles. The van der Waals surface area contributed by atoms with E-state index in [1.165, 1.54) is 12.8 Å². The van der Waals surface area contributed by atoms with E-state index in [2.05, 4.69) is 15.5 Å².